The van der Waals surface area contributed by atoms with E-state index in [1.54, 1.807) is 7.11 Å². The van der Waals surface area contributed by atoms with Gasteiger partial charge < -0.3 is 14.2 Å². The van der Waals surface area contributed by atoms with E-state index in [9.17, 15) is 0 Å². The lowest BCUT2D eigenvalue weighted by Gasteiger charge is -2.36. The molecule has 2 aromatic carbocycles. The fraction of sp³-hybridized carbons (Fsp3) is 0.444. The molecule has 2 rings (SSSR count). The molecule has 2 aromatic rings. The van der Waals surface area contributed by atoms with Crippen LogP contribution in [0.5, 0.6) is 5.75 Å². The normalized spacial score (nSPS) is 13.3. The monoisotopic (exact) mass is 366 g/mol. The van der Waals surface area contributed by atoms with Gasteiger partial charge in [0.15, 0.2) is 0 Å². The maximum absolute atomic E-state index is 6.02. The summed E-state index contributed by atoms with van der Waals surface area (Å²) in [5.41, 5.74) is 1.01. The maximum atomic E-state index is 6.02. The van der Waals surface area contributed by atoms with E-state index in [2.05, 4.69) is 40.2 Å². The summed E-state index contributed by atoms with van der Waals surface area (Å²) in [5, 5.41) is 2.27. The number of fused-ring (bicyclic) bond motifs is 1. The molecular formula is C18H23BrO3. The Labute approximate surface area is 140 Å². The van der Waals surface area contributed by atoms with Gasteiger partial charge in [-0.05, 0) is 49.7 Å². The van der Waals surface area contributed by atoms with E-state index in [-0.39, 0.29) is 4.83 Å². The van der Waals surface area contributed by atoms with Gasteiger partial charge in [-0.25, -0.2) is 0 Å². The van der Waals surface area contributed by atoms with Gasteiger partial charge in [0, 0.05) is 18.8 Å². The van der Waals surface area contributed by atoms with E-state index in [1.807, 2.05) is 32.9 Å². The molecule has 0 aliphatic rings. The zero-order chi connectivity index (χ0) is 16.2. The predicted octanol–water partition coefficient (Wildman–Crippen LogP) is 4.86. The zero-order valence-corrected chi connectivity index (χ0v) is 15.1. The summed E-state index contributed by atoms with van der Waals surface area (Å²) in [4.78, 5) is 0.0237. The summed E-state index contributed by atoms with van der Waals surface area (Å²) in [6, 6.07) is 12.3. The third-order valence-corrected chi connectivity index (χ3v) is 4.29. The van der Waals surface area contributed by atoms with E-state index in [1.165, 1.54) is 0 Å². The van der Waals surface area contributed by atoms with Crippen molar-refractivity contribution in [3.8, 4) is 5.75 Å². The molecule has 0 saturated heterocycles. The quantitative estimate of drug-likeness (QED) is 0.517. The molecule has 0 unspecified atom stereocenters. The lowest BCUT2D eigenvalue weighted by Crippen LogP contribution is -2.40. The summed E-state index contributed by atoms with van der Waals surface area (Å²) in [5.74, 6) is 0.0763. The van der Waals surface area contributed by atoms with E-state index in [0.717, 1.165) is 22.1 Å². The summed E-state index contributed by atoms with van der Waals surface area (Å²) in [6.07, 6.45) is 0. The van der Waals surface area contributed by atoms with Gasteiger partial charge >= 0.3 is 0 Å². The first-order chi connectivity index (χ1) is 10.6. The first-order valence-corrected chi connectivity index (χ1v) is 8.49. The molecule has 22 heavy (non-hydrogen) atoms. The molecule has 0 aromatic heterocycles. The Morgan fingerprint density at radius 1 is 1.00 bits per heavy atom. The third-order valence-electron chi connectivity index (χ3n) is 3.69. The number of benzene rings is 2. The van der Waals surface area contributed by atoms with Crippen molar-refractivity contribution >= 4 is 26.7 Å². The molecule has 0 N–H and O–H groups in total. The van der Waals surface area contributed by atoms with Gasteiger partial charge in [-0.15, -0.1) is 0 Å². The minimum atomic E-state index is -0.780. The number of hydrogen-bond donors (Lipinski definition) is 0. The minimum Gasteiger partial charge on any atom is -0.497 e. The van der Waals surface area contributed by atoms with Crippen molar-refractivity contribution in [2.24, 2.45) is 0 Å². The molecule has 0 spiro atoms. The molecule has 3 nitrogen and oxygen atoms in total. The molecule has 0 amide bonds. The van der Waals surface area contributed by atoms with Crippen LogP contribution in [0.15, 0.2) is 36.4 Å². The smallest absolute Gasteiger partial charge is 0.207 e. The minimum absolute atomic E-state index is 0.0237. The first-order valence-electron chi connectivity index (χ1n) is 7.57. The van der Waals surface area contributed by atoms with Crippen LogP contribution in [0, 0.1) is 0 Å². The second-order valence-corrected chi connectivity index (χ2v) is 6.45. The molecular weight excluding hydrogens is 344 g/mol. The van der Waals surface area contributed by atoms with Crippen LogP contribution in [0.25, 0.3) is 10.8 Å². The molecule has 0 radical (unpaired) electrons. The molecule has 0 fully saturated rings. The van der Waals surface area contributed by atoms with Gasteiger partial charge in [-0.3, -0.25) is 0 Å². The second kappa shape index (κ2) is 7.44. The van der Waals surface area contributed by atoms with Gasteiger partial charge in [-0.2, -0.15) is 0 Å². The fourth-order valence-electron chi connectivity index (χ4n) is 2.66. The van der Waals surface area contributed by atoms with Crippen LogP contribution in [0.2, 0.25) is 0 Å². The Bertz CT molecular complexity index is 619. The van der Waals surface area contributed by atoms with Gasteiger partial charge in [-0.1, -0.05) is 34.1 Å². The van der Waals surface area contributed by atoms with Crippen LogP contribution < -0.4 is 4.74 Å². The number of methoxy groups -OCH3 is 1. The lowest BCUT2D eigenvalue weighted by molar-refractivity contribution is -0.239. The summed E-state index contributed by atoms with van der Waals surface area (Å²) in [6.45, 7) is 7.17. The van der Waals surface area contributed by atoms with Crippen LogP contribution in [0.1, 0.15) is 26.3 Å². The highest BCUT2D eigenvalue weighted by atomic mass is 79.9. The van der Waals surface area contributed by atoms with Crippen molar-refractivity contribution in [3.05, 3.63) is 42.0 Å². The van der Waals surface area contributed by atoms with E-state index in [4.69, 9.17) is 14.2 Å². The Kier molecular flexibility index (Phi) is 5.84. The van der Waals surface area contributed by atoms with Gasteiger partial charge in [0.05, 0.1) is 11.9 Å². The van der Waals surface area contributed by atoms with Crippen molar-refractivity contribution in [2.75, 3.05) is 20.3 Å². The second-order valence-electron chi connectivity index (χ2n) is 5.08. The van der Waals surface area contributed by atoms with E-state index >= 15 is 0 Å². The summed E-state index contributed by atoms with van der Waals surface area (Å²) >= 11 is 3.65. The maximum Gasteiger partial charge on any atom is 0.207 e. The molecule has 0 aliphatic heterocycles. The molecule has 0 heterocycles. The van der Waals surface area contributed by atoms with Crippen LogP contribution in [0.4, 0.5) is 0 Å². The van der Waals surface area contributed by atoms with E-state index < -0.39 is 5.79 Å². The van der Waals surface area contributed by atoms with Crippen molar-refractivity contribution in [2.45, 2.75) is 31.4 Å². The van der Waals surface area contributed by atoms with Crippen molar-refractivity contribution in [1.29, 1.82) is 0 Å². The van der Waals surface area contributed by atoms with Crippen LogP contribution in [-0.4, -0.2) is 25.2 Å². The van der Waals surface area contributed by atoms with Crippen LogP contribution >= 0.6 is 15.9 Å². The molecule has 4 heteroatoms. The summed E-state index contributed by atoms with van der Waals surface area (Å²) < 4.78 is 17.3. The van der Waals surface area contributed by atoms with Gasteiger partial charge in [0.25, 0.3) is 0 Å². The van der Waals surface area contributed by atoms with Gasteiger partial charge in [0.1, 0.15) is 5.75 Å². The Balaban J connectivity index is 2.53. The van der Waals surface area contributed by atoms with E-state index in [0.29, 0.717) is 13.2 Å². The number of hydrogen-bond acceptors (Lipinski definition) is 3. The Morgan fingerprint density at radius 3 is 2.14 bits per heavy atom. The van der Waals surface area contributed by atoms with Crippen LogP contribution in [-0.2, 0) is 15.3 Å². The number of alkyl halides is 1. The highest BCUT2D eigenvalue weighted by molar-refractivity contribution is 9.09. The SMILES string of the molecule is CCOC(OCC)(c1ccc2cc(OC)ccc2c1)[C@H](C)Br. The average molecular weight is 367 g/mol. The topological polar surface area (TPSA) is 27.7 Å². The lowest BCUT2D eigenvalue weighted by atomic mass is 9.98. The van der Waals surface area contributed by atoms with Crippen LogP contribution in [0.3, 0.4) is 0 Å². The Hall–Kier alpha value is -1.10. The molecule has 0 aliphatic carbocycles. The zero-order valence-electron chi connectivity index (χ0n) is 13.6. The van der Waals surface area contributed by atoms with Gasteiger partial charge in [0.2, 0.25) is 5.79 Å². The molecule has 0 saturated carbocycles. The number of ether oxygens (including phenoxy) is 3. The van der Waals surface area contributed by atoms with Crippen molar-refractivity contribution in [1.82, 2.24) is 0 Å². The molecule has 120 valence electrons. The average Bonchev–Trinajstić information content (AvgIpc) is 2.53. The highest BCUT2D eigenvalue weighted by Crippen LogP contribution is 2.37. The van der Waals surface area contributed by atoms with Crippen molar-refractivity contribution in [3.63, 3.8) is 0 Å². The Morgan fingerprint density at radius 2 is 1.59 bits per heavy atom. The third kappa shape index (κ3) is 3.29. The molecule has 1 atom stereocenters. The fourth-order valence-corrected chi connectivity index (χ4v) is 3.19. The standard InChI is InChI=1S/C18H23BrO3/c1-5-21-18(13(3)19,22-6-2)16-9-7-15-12-17(20-4)10-8-14(15)11-16/h7-13H,5-6H2,1-4H3/t13-/m0/s1. The number of halogens is 1. The highest BCUT2D eigenvalue weighted by Gasteiger charge is 2.38. The largest absolute Gasteiger partial charge is 0.497 e. The summed E-state index contributed by atoms with van der Waals surface area (Å²) in [7, 11) is 1.68. The predicted molar refractivity (Wildman–Crippen MR) is 93.8 cm³/mol. The first kappa shape index (κ1) is 17.3. The molecule has 0 bridgehead atoms. The van der Waals surface area contributed by atoms with Crippen molar-refractivity contribution < 1.29 is 14.2 Å². The number of rotatable bonds is 7.